The smallest absolute Gasteiger partial charge is 0.419 e. The summed E-state index contributed by atoms with van der Waals surface area (Å²) in [5, 5.41) is 0. The zero-order valence-electron chi connectivity index (χ0n) is 14.5. The van der Waals surface area contributed by atoms with Gasteiger partial charge in [-0.1, -0.05) is 24.3 Å². The number of alkyl halides is 5. The molecule has 3 rings (SSSR count). The van der Waals surface area contributed by atoms with E-state index in [9.17, 15) is 22.0 Å². The van der Waals surface area contributed by atoms with Crippen LogP contribution in [0.4, 0.5) is 22.0 Å². The third-order valence-corrected chi connectivity index (χ3v) is 4.06. The Bertz CT molecular complexity index is 933. The predicted molar refractivity (Wildman–Crippen MR) is 94.0 cm³/mol. The second kappa shape index (κ2) is 8.02. The van der Waals surface area contributed by atoms with Crippen LogP contribution in [0.2, 0.25) is 0 Å². The second-order valence-corrected chi connectivity index (χ2v) is 6.01. The summed E-state index contributed by atoms with van der Waals surface area (Å²) in [6.45, 7) is -0.719. The molecule has 28 heavy (non-hydrogen) atoms. The average Bonchev–Trinajstić information content (AvgIpc) is 3.15. The molecule has 0 aliphatic rings. The number of benzene rings is 2. The second-order valence-electron chi connectivity index (χ2n) is 6.01. The number of hydrogen-bond donors (Lipinski definition) is 1. The number of nitrogens with two attached hydrogens (primary N) is 1. The van der Waals surface area contributed by atoms with Gasteiger partial charge >= 0.3 is 6.18 Å². The van der Waals surface area contributed by atoms with Gasteiger partial charge in [-0.3, -0.25) is 0 Å². The minimum Gasteiger partial charge on any atom is -0.487 e. The molecule has 2 aromatic carbocycles. The normalized spacial score (nSPS) is 11.8. The summed E-state index contributed by atoms with van der Waals surface area (Å²) >= 11 is 0. The quantitative estimate of drug-likeness (QED) is 0.540. The molecule has 0 spiro atoms. The number of hydrogen-bond acceptors (Lipinski definition) is 3. The molecule has 2 N–H and O–H groups in total. The summed E-state index contributed by atoms with van der Waals surface area (Å²) in [5.41, 5.74) is 7.02. The van der Waals surface area contributed by atoms with Gasteiger partial charge in [-0.15, -0.1) is 0 Å². The molecule has 0 saturated carbocycles. The third-order valence-electron chi connectivity index (χ3n) is 4.06. The standard InChI is InChI=1S/C20H16F5NO2/c21-19(22)11-28-17-6-5-14(7-16(17)20(23,24)25)18-8-15(10-27-18)13-3-1-12(9-26)2-4-13/h1-8,10,19H,9,11,26H2. The van der Waals surface area contributed by atoms with Crippen molar-refractivity contribution >= 4 is 0 Å². The van der Waals surface area contributed by atoms with Gasteiger partial charge < -0.3 is 14.9 Å². The fourth-order valence-corrected chi connectivity index (χ4v) is 2.66. The van der Waals surface area contributed by atoms with Crippen molar-refractivity contribution in [3.8, 4) is 28.2 Å². The molecule has 148 valence electrons. The van der Waals surface area contributed by atoms with Crippen molar-refractivity contribution < 1.29 is 31.1 Å². The Morgan fingerprint density at radius 2 is 1.61 bits per heavy atom. The van der Waals surface area contributed by atoms with Crippen LogP contribution in [0.5, 0.6) is 5.75 Å². The summed E-state index contributed by atoms with van der Waals surface area (Å²) < 4.78 is 74.5. The first-order valence-electron chi connectivity index (χ1n) is 8.28. The molecule has 0 saturated heterocycles. The van der Waals surface area contributed by atoms with Crippen LogP contribution in [0.25, 0.3) is 22.5 Å². The first kappa shape index (κ1) is 19.9. The first-order chi connectivity index (χ1) is 13.3. The zero-order valence-corrected chi connectivity index (χ0v) is 14.5. The number of furan rings is 1. The molecule has 3 aromatic rings. The van der Waals surface area contributed by atoms with Gasteiger partial charge in [0.2, 0.25) is 0 Å². The van der Waals surface area contributed by atoms with Crippen LogP contribution in [-0.4, -0.2) is 13.0 Å². The first-order valence-corrected chi connectivity index (χ1v) is 8.28. The van der Waals surface area contributed by atoms with Crippen molar-refractivity contribution in [3.05, 3.63) is 65.9 Å². The minimum absolute atomic E-state index is 0.154. The van der Waals surface area contributed by atoms with Crippen LogP contribution < -0.4 is 10.5 Å². The number of rotatable bonds is 6. The summed E-state index contributed by atoms with van der Waals surface area (Å²) in [7, 11) is 0. The molecule has 0 amide bonds. The molecule has 0 bridgehead atoms. The maximum absolute atomic E-state index is 13.3. The van der Waals surface area contributed by atoms with E-state index in [1.54, 1.807) is 6.07 Å². The maximum atomic E-state index is 13.3. The summed E-state index contributed by atoms with van der Waals surface area (Å²) in [4.78, 5) is 0. The predicted octanol–water partition coefficient (Wildman–Crippen LogP) is 5.74. The lowest BCUT2D eigenvalue weighted by Crippen LogP contribution is -2.13. The zero-order chi connectivity index (χ0) is 20.3. The van der Waals surface area contributed by atoms with Gasteiger partial charge in [0.1, 0.15) is 18.1 Å². The van der Waals surface area contributed by atoms with Gasteiger partial charge in [-0.2, -0.15) is 13.2 Å². The van der Waals surface area contributed by atoms with Crippen molar-refractivity contribution in [3.63, 3.8) is 0 Å². The highest BCUT2D eigenvalue weighted by Crippen LogP contribution is 2.39. The summed E-state index contributed by atoms with van der Waals surface area (Å²) in [6.07, 6.45) is -6.21. The van der Waals surface area contributed by atoms with E-state index < -0.39 is 30.5 Å². The Hall–Kier alpha value is -2.87. The Morgan fingerprint density at radius 1 is 0.929 bits per heavy atom. The fourth-order valence-electron chi connectivity index (χ4n) is 2.66. The molecule has 0 fully saturated rings. The Morgan fingerprint density at radius 3 is 2.21 bits per heavy atom. The molecule has 8 heteroatoms. The van der Waals surface area contributed by atoms with E-state index >= 15 is 0 Å². The molecule has 0 aliphatic carbocycles. The third kappa shape index (κ3) is 4.51. The molecule has 1 heterocycles. The lowest BCUT2D eigenvalue weighted by Gasteiger charge is -2.14. The van der Waals surface area contributed by atoms with Gasteiger partial charge in [0.15, 0.2) is 0 Å². The van der Waals surface area contributed by atoms with Gasteiger partial charge in [-0.25, -0.2) is 8.78 Å². The van der Waals surface area contributed by atoms with E-state index in [0.717, 1.165) is 23.3 Å². The van der Waals surface area contributed by atoms with Crippen LogP contribution in [0.15, 0.2) is 59.2 Å². The topological polar surface area (TPSA) is 48.4 Å². The van der Waals surface area contributed by atoms with E-state index in [2.05, 4.69) is 4.74 Å². The van der Waals surface area contributed by atoms with Gasteiger partial charge in [0.05, 0.1) is 11.8 Å². The van der Waals surface area contributed by atoms with E-state index in [-0.39, 0.29) is 11.3 Å². The summed E-state index contributed by atoms with van der Waals surface area (Å²) in [6, 6.07) is 12.1. The van der Waals surface area contributed by atoms with Gasteiger partial charge in [0.25, 0.3) is 6.43 Å². The maximum Gasteiger partial charge on any atom is 0.419 e. The fraction of sp³-hybridized carbons (Fsp3) is 0.200. The van der Waals surface area contributed by atoms with Gasteiger partial charge in [0, 0.05) is 17.7 Å². The Balaban J connectivity index is 1.92. The van der Waals surface area contributed by atoms with Crippen LogP contribution >= 0.6 is 0 Å². The van der Waals surface area contributed by atoms with Gasteiger partial charge in [-0.05, 0) is 35.4 Å². The molecule has 0 atom stereocenters. The molecular formula is C20H16F5NO2. The Labute approximate surface area is 157 Å². The van der Waals surface area contributed by atoms with Crippen molar-refractivity contribution in [2.45, 2.75) is 19.1 Å². The minimum atomic E-state index is -4.76. The SMILES string of the molecule is NCc1ccc(-c2coc(-c3ccc(OCC(F)F)c(C(F)(F)F)c3)c2)cc1. The van der Waals surface area contributed by atoms with E-state index in [0.29, 0.717) is 12.1 Å². The van der Waals surface area contributed by atoms with Crippen LogP contribution in [0, 0.1) is 0 Å². The van der Waals surface area contributed by atoms with Crippen LogP contribution in [0.1, 0.15) is 11.1 Å². The number of ether oxygens (including phenoxy) is 1. The molecule has 0 aliphatic heterocycles. The van der Waals surface area contributed by atoms with E-state index in [4.69, 9.17) is 10.2 Å². The average molecular weight is 397 g/mol. The highest BCUT2D eigenvalue weighted by atomic mass is 19.4. The van der Waals surface area contributed by atoms with Crippen molar-refractivity contribution in [1.82, 2.24) is 0 Å². The number of halogens is 5. The Kier molecular flexibility index (Phi) is 5.69. The van der Waals surface area contributed by atoms with E-state index in [1.807, 2.05) is 24.3 Å². The molecule has 0 unspecified atom stereocenters. The van der Waals surface area contributed by atoms with E-state index in [1.165, 1.54) is 12.3 Å². The highest BCUT2D eigenvalue weighted by molar-refractivity contribution is 5.70. The largest absolute Gasteiger partial charge is 0.487 e. The molecule has 3 nitrogen and oxygen atoms in total. The van der Waals surface area contributed by atoms with Crippen molar-refractivity contribution in [1.29, 1.82) is 0 Å². The van der Waals surface area contributed by atoms with Crippen molar-refractivity contribution in [2.24, 2.45) is 5.73 Å². The molecule has 1 aromatic heterocycles. The van der Waals surface area contributed by atoms with Crippen molar-refractivity contribution in [2.75, 3.05) is 6.61 Å². The summed E-state index contributed by atoms with van der Waals surface area (Å²) in [5.74, 6) is -0.440. The molecular weight excluding hydrogens is 381 g/mol. The molecule has 0 radical (unpaired) electrons. The van der Waals surface area contributed by atoms with Crippen LogP contribution in [-0.2, 0) is 12.7 Å². The lowest BCUT2D eigenvalue weighted by atomic mass is 10.0. The lowest BCUT2D eigenvalue weighted by molar-refractivity contribution is -0.139. The van der Waals surface area contributed by atoms with Crippen LogP contribution in [0.3, 0.4) is 0 Å². The monoisotopic (exact) mass is 397 g/mol. The highest BCUT2D eigenvalue weighted by Gasteiger charge is 2.35.